The van der Waals surface area contributed by atoms with Gasteiger partial charge in [0.1, 0.15) is 0 Å². The number of pyridine rings is 1. The van der Waals surface area contributed by atoms with E-state index in [0.717, 1.165) is 47.4 Å². The molecular weight excluding hydrogens is 328 g/mol. The average molecular weight is 352 g/mol. The van der Waals surface area contributed by atoms with E-state index in [1.807, 2.05) is 19.1 Å². The zero-order valence-electron chi connectivity index (χ0n) is 15.4. The number of hydrogen-bond acceptors (Lipinski definition) is 6. The van der Waals surface area contributed by atoms with E-state index in [2.05, 4.69) is 43.3 Å². The van der Waals surface area contributed by atoms with Gasteiger partial charge in [0.2, 0.25) is 5.95 Å². The number of fused-ring (bicyclic) bond motifs is 1. The smallest absolute Gasteiger partial charge is 0.257 e. The van der Waals surface area contributed by atoms with E-state index in [4.69, 9.17) is 4.52 Å². The minimum atomic E-state index is 0.545. The van der Waals surface area contributed by atoms with Crippen LogP contribution in [0, 0.1) is 12.8 Å². The van der Waals surface area contributed by atoms with Gasteiger partial charge >= 0.3 is 0 Å². The number of aromatic nitrogens is 5. The van der Waals surface area contributed by atoms with Crippen molar-refractivity contribution in [3.8, 4) is 11.4 Å². The molecule has 0 bridgehead atoms. The van der Waals surface area contributed by atoms with E-state index in [1.165, 1.54) is 19.3 Å². The number of nitrogens with zero attached hydrogens (tertiary/aromatic N) is 6. The summed E-state index contributed by atoms with van der Waals surface area (Å²) in [7, 11) is 0. The molecule has 7 heteroatoms. The van der Waals surface area contributed by atoms with Crippen LogP contribution in [0.25, 0.3) is 22.5 Å². The van der Waals surface area contributed by atoms with E-state index < -0.39 is 0 Å². The number of piperidine rings is 1. The fourth-order valence-electron chi connectivity index (χ4n) is 3.69. The lowest BCUT2D eigenvalue weighted by Crippen LogP contribution is -2.37. The molecule has 1 fully saturated rings. The first-order chi connectivity index (χ1) is 12.7. The van der Waals surface area contributed by atoms with Crippen molar-refractivity contribution in [3.63, 3.8) is 0 Å². The Morgan fingerprint density at radius 2 is 2.27 bits per heavy atom. The summed E-state index contributed by atoms with van der Waals surface area (Å²) < 4.78 is 7.34. The molecule has 1 saturated heterocycles. The van der Waals surface area contributed by atoms with Crippen LogP contribution in [0.3, 0.4) is 0 Å². The molecule has 0 aliphatic carbocycles. The third-order valence-electron chi connectivity index (χ3n) is 5.19. The van der Waals surface area contributed by atoms with Crippen LogP contribution in [0.2, 0.25) is 0 Å². The van der Waals surface area contributed by atoms with Gasteiger partial charge in [-0.05, 0) is 31.7 Å². The monoisotopic (exact) mass is 352 g/mol. The van der Waals surface area contributed by atoms with E-state index in [0.29, 0.717) is 12.3 Å². The Hall–Kier alpha value is -2.70. The van der Waals surface area contributed by atoms with Crippen molar-refractivity contribution in [2.24, 2.45) is 5.92 Å². The predicted octanol–water partition coefficient (Wildman–Crippen LogP) is 3.60. The van der Waals surface area contributed by atoms with Crippen molar-refractivity contribution < 1.29 is 4.52 Å². The third-order valence-corrected chi connectivity index (χ3v) is 5.19. The predicted molar refractivity (Wildman–Crippen MR) is 101 cm³/mol. The maximum Gasteiger partial charge on any atom is 0.257 e. The first-order valence-corrected chi connectivity index (χ1v) is 9.22. The molecule has 1 atom stereocenters. The highest BCUT2D eigenvalue weighted by atomic mass is 16.5. The Kier molecular flexibility index (Phi) is 4.44. The van der Waals surface area contributed by atoms with Crippen LogP contribution in [0.15, 0.2) is 29.4 Å². The highest BCUT2D eigenvalue weighted by Gasteiger charge is 2.24. The van der Waals surface area contributed by atoms with Crippen molar-refractivity contribution in [1.29, 1.82) is 0 Å². The van der Waals surface area contributed by atoms with Gasteiger partial charge in [0, 0.05) is 31.4 Å². The molecule has 0 aromatic carbocycles. The summed E-state index contributed by atoms with van der Waals surface area (Å²) in [6.45, 7) is 10.8. The van der Waals surface area contributed by atoms with Gasteiger partial charge in [0.15, 0.2) is 5.82 Å². The summed E-state index contributed by atoms with van der Waals surface area (Å²) in [6.07, 6.45) is 7.34. The third kappa shape index (κ3) is 2.87. The maximum atomic E-state index is 5.21. The Balaban J connectivity index is 1.75. The second-order valence-corrected chi connectivity index (χ2v) is 6.93. The highest BCUT2D eigenvalue weighted by Crippen LogP contribution is 2.29. The second-order valence-electron chi connectivity index (χ2n) is 6.93. The summed E-state index contributed by atoms with van der Waals surface area (Å²) in [5, 5.41) is 13.9. The van der Waals surface area contributed by atoms with Gasteiger partial charge in [-0.15, -0.1) is 16.8 Å². The summed E-state index contributed by atoms with van der Waals surface area (Å²) in [5.74, 6) is 2.44. The lowest BCUT2D eigenvalue weighted by atomic mass is 9.96. The zero-order chi connectivity index (χ0) is 18.1. The topological polar surface area (TPSA) is 72.9 Å². The summed E-state index contributed by atoms with van der Waals surface area (Å²) in [5.41, 5.74) is 2.28. The number of anilines is 1. The first-order valence-electron chi connectivity index (χ1n) is 9.22. The Labute approximate surface area is 152 Å². The minimum absolute atomic E-state index is 0.545. The Bertz CT molecular complexity index is 927. The van der Waals surface area contributed by atoms with E-state index >= 15 is 0 Å². The molecule has 1 aliphatic rings. The molecule has 0 radical (unpaired) electrons. The number of aryl methyl sites for hydroxylation is 1. The quantitative estimate of drug-likeness (QED) is 0.653. The second kappa shape index (κ2) is 6.90. The number of hydrogen-bond donors (Lipinski definition) is 0. The average Bonchev–Trinajstić information content (AvgIpc) is 3.26. The molecular formula is C19H24N6O. The summed E-state index contributed by atoms with van der Waals surface area (Å²) in [6, 6.07) is 2.02. The van der Waals surface area contributed by atoms with Gasteiger partial charge in [-0.25, -0.2) is 4.98 Å². The Morgan fingerprint density at radius 1 is 1.38 bits per heavy atom. The van der Waals surface area contributed by atoms with Gasteiger partial charge < -0.3 is 9.42 Å². The van der Waals surface area contributed by atoms with Crippen molar-refractivity contribution in [1.82, 2.24) is 24.9 Å². The van der Waals surface area contributed by atoms with Crippen LogP contribution in [-0.2, 0) is 6.54 Å². The van der Waals surface area contributed by atoms with Gasteiger partial charge in [0.05, 0.1) is 11.1 Å². The lowest BCUT2D eigenvalue weighted by Gasteiger charge is -2.33. The fraction of sp³-hybridized carbons (Fsp3) is 0.474. The standard InChI is InChI=1S/C19H24N6O/c1-4-8-25-17(15-10-16-13(3)23-26-18(16)20-11-15)21-22-19(25)24-9-6-7-14(5-2)12-24/h4,10-11,14H,1,5-9,12H2,2-3H3/t14-/m1/s1. The van der Waals surface area contributed by atoms with Gasteiger partial charge in [-0.3, -0.25) is 4.57 Å². The van der Waals surface area contributed by atoms with Crippen molar-refractivity contribution in [3.05, 3.63) is 30.6 Å². The maximum absolute atomic E-state index is 5.21. The molecule has 26 heavy (non-hydrogen) atoms. The molecule has 0 amide bonds. The normalized spacial score (nSPS) is 17.8. The highest BCUT2D eigenvalue weighted by molar-refractivity contribution is 5.80. The molecule has 4 heterocycles. The van der Waals surface area contributed by atoms with Crippen LogP contribution in [0.4, 0.5) is 5.95 Å². The van der Waals surface area contributed by atoms with Crippen molar-refractivity contribution >= 4 is 17.0 Å². The molecule has 3 aromatic rings. The summed E-state index contributed by atoms with van der Waals surface area (Å²) in [4.78, 5) is 6.73. The fourth-order valence-corrected chi connectivity index (χ4v) is 3.69. The molecule has 136 valence electrons. The van der Waals surface area contributed by atoms with Gasteiger partial charge in [-0.1, -0.05) is 24.6 Å². The van der Waals surface area contributed by atoms with Gasteiger partial charge in [-0.2, -0.15) is 0 Å². The van der Waals surface area contributed by atoms with Crippen LogP contribution in [0.5, 0.6) is 0 Å². The first kappa shape index (κ1) is 16.8. The molecule has 7 nitrogen and oxygen atoms in total. The van der Waals surface area contributed by atoms with Crippen molar-refractivity contribution in [2.45, 2.75) is 39.7 Å². The molecule has 0 spiro atoms. The van der Waals surface area contributed by atoms with Gasteiger partial charge in [0.25, 0.3) is 5.71 Å². The molecule has 0 N–H and O–H groups in total. The minimum Gasteiger partial charge on any atom is -0.341 e. The molecule has 1 aliphatic heterocycles. The summed E-state index contributed by atoms with van der Waals surface area (Å²) >= 11 is 0. The van der Waals surface area contributed by atoms with Crippen molar-refractivity contribution in [2.75, 3.05) is 18.0 Å². The molecule has 4 rings (SSSR count). The SMILES string of the molecule is C=CCn1c(-c2cnc3onc(C)c3c2)nnc1N1CCC[C@@H](CC)C1. The lowest BCUT2D eigenvalue weighted by molar-refractivity contribution is 0.398. The molecule has 0 unspecified atom stereocenters. The van der Waals surface area contributed by atoms with E-state index in [-0.39, 0.29) is 0 Å². The number of allylic oxidation sites excluding steroid dienone is 1. The van der Waals surface area contributed by atoms with E-state index in [9.17, 15) is 0 Å². The zero-order valence-corrected chi connectivity index (χ0v) is 15.4. The largest absolute Gasteiger partial charge is 0.341 e. The number of rotatable bonds is 5. The molecule has 0 saturated carbocycles. The van der Waals surface area contributed by atoms with Crippen LogP contribution in [-0.4, -0.2) is 38.0 Å². The molecule has 3 aromatic heterocycles. The van der Waals surface area contributed by atoms with Crippen LogP contribution in [0.1, 0.15) is 31.9 Å². The van der Waals surface area contributed by atoms with Crippen LogP contribution < -0.4 is 4.90 Å². The Morgan fingerprint density at radius 3 is 3.08 bits per heavy atom. The van der Waals surface area contributed by atoms with E-state index in [1.54, 1.807) is 6.20 Å². The van der Waals surface area contributed by atoms with Crippen LogP contribution >= 0.6 is 0 Å².